The normalized spacial score (nSPS) is 43.3. The summed E-state index contributed by atoms with van der Waals surface area (Å²) in [6.07, 6.45) is 0. The van der Waals surface area contributed by atoms with Gasteiger partial charge in [-0.3, -0.25) is 0 Å². The molecule has 2 heteroatoms. The van der Waals surface area contributed by atoms with Gasteiger partial charge in [0, 0.05) is 4.91 Å². The minimum absolute atomic E-state index is 0.125. The summed E-state index contributed by atoms with van der Waals surface area (Å²) in [5.74, 6) is 0. The predicted molar refractivity (Wildman–Crippen MR) is 34.1 cm³/mol. The maximum absolute atomic E-state index is 4.19. The molecule has 1 heterocycles. The molecule has 0 saturated carbocycles. The highest BCUT2D eigenvalue weighted by Crippen LogP contribution is 2.59. The van der Waals surface area contributed by atoms with Crippen LogP contribution >= 0.6 is 24.4 Å². The second-order valence-electron chi connectivity index (χ2n) is 1.51. The van der Waals surface area contributed by atoms with Gasteiger partial charge in [-0.15, -0.1) is 11.8 Å². The Hall–Kier alpha value is 0.440. The van der Waals surface area contributed by atoms with Crippen LogP contribution in [0.15, 0.2) is 11.5 Å². The van der Waals surface area contributed by atoms with Crippen LogP contribution in [0.3, 0.4) is 0 Å². The van der Waals surface area contributed by atoms with E-state index in [2.05, 4.69) is 19.2 Å². The summed E-state index contributed by atoms with van der Waals surface area (Å²) < 4.78 is 0.125. The Morgan fingerprint density at radius 1 is 2.00 bits per heavy atom. The van der Waals surface area contributed by atoms with Gasteiger partial charge in [0.15, 0.2) is 0 Å². The molecule has 0 N–H and O–H groups in total. The lowest BCUT2D eigenvalue weighted by Crippen LogP contribution is -1.80. The Labute approximate surface area is 47.4 Å². The zero-order valence-electron chi connectivity index (χ0n) is 3.56. The average Bonchev–Trinajstić information content (AvgIpc) is 1.73. The number of thiol groups is 1. The third-order valence-corrected chi connectivity index (χ3v) is 2.59. The number of hydrogen-bond acceptors (Lipinski definition) is 2. The third kappa shape index (κ3) is 0.590. The van der Waals surface area contributed by atoms with E-state index in [1.807, 2.05) is 6.92 Å². The lowest BCUT2D eigenvalue weighted by Gasteiger charge is -1.83. The highest BCUT2D eigenvalue weighted by Gasteiger charge is 2.39. The van der Waals surface area contributed by atoms with Gasteiger partial charge < -0.3 is 0 Å². The van der Waals surface area contributed by atoms with Crippen LogP contribution in [0.4, 0.5) is 0 Å². The Morgan fingerprint density at radius 3 is 2.17 bits per heavy atom. The fourth-order valence-electron chi connectivity index (χ4n) is 0.214. The van der Waals surface area contributed by atoms with Crippen molar-refractivity contribution in [2.24, 2.45) is 0 Å². The minimum atomic E-state index is 0.125. The van der Waals surface area contributed by atoms with Crippen molar-refractivity contribution in [2.75, 3.05) is 0 Å². The summed E-state index contributed by atoms with van der Waals surface area (Å²) in [4.78, 5) is 1.19. The molecule has 34 valence electrons. The molecule has 6 heavy (non-hydrogen) atoms. The Morgan fingerprint density at radius 2 is 2.17 bits per heavy atom. The quantitative estimate of drug-likeness (QED) is 0.374. The molecule has 0 amide bonds. The highest BCUT2D eigenvalue weighted by atomic mass is 32.2. The summed E-state index contributed by atoms with van der Waals surface area (Å²) in [7, 11) is 0. The fourth-order valence-corrected chi connectivity index (χ4v) is 0.974. The molecule has 0 aromatic carbocycles. The van der Waals surface area contributed by atoms with E-state index in [-0.39, 0.29) is 4.08 Å². The van der Waals surface area contributed by atoms with Crippen LogP contribution in [-0.4, -0.2) is 4.08 Å². The van der Waals surface area contributed by atoms with E-state index >= 15 is 0 Å². The van der Waals surface area contributed by atoms with Crippen molar-refractivity contribution in [2.45, 2.75) is 11.0 Å². The first kappa shape index (κ1) is 4.60. The summed E-state index contributed by atoms with van der Waals surface area (Å²) in [6, 6.07) is 0. The maximum atomic E-state index is 4.19. The average molecular weight is 118 g/mol. The van der Waals surface area contributed by atoms with Crippen molar-refractivity contribution in [3.63, 3.8) is 0 Å². The summed E-state index contributed by atoms with van der Waals surface area (Å²) >= 11 is 5.91. The molecule has 0 aliphatic carbocycles. The van der Waals surface area contributed by atoms with Crippen LogP contribution in [0, 0.1) is 0 Å². The second-order valence-corrected chi connectivity index (χ2v) is 4.22. The van der Waals surface area contributed by atoms with Crippen LogP contribution in [-0.2, 0) is 0 Å². The van der Waals surface area contributed by atoms with Crippen LogP contribution < -0.4 is 0 Å². The van der Waals surface area contributed by atoms with Gasteiger partial charge in [-0.2, -0.15) is 12.6 Å². The number of thioether (sulfide) groups is 1. The molecular weight excluding hydrogens is 112 g/mol. The van der Waals surface area contributed by atoms with Crippen molar-refractivity contribution in [1.82, 2.24) is 0 Å². The molecule has 0 spiro atoms. The van der Waals surface area contributed by atoms with E-state index in [1.165, 1.54) is 4.91 Å². The largest absolute Gasteiger partial charge is 0.156 e. The van der Waals surface area contributed by atoms with E-state index in [0.717, 1.165) is 0 Å². The Bertz CT molecular complexity index is 93.7. The molecule has 0 bridgehead atoms. The van der Waals surface area contributed by atoms with Gasteiger partial charge in [0.05, 0.1) is 4.08 Å². The number of rotatable bonds is 0. The minimum Gasteiger partial charge on any atom is -0.156 e. The SMILES string of the molecule is C=C1SC1(C)S. The Balaban J connectivity index is 2.63. The van der Waals surface area contributed by atoms with Gasteiger partial charge >= 0.3 is 0 Å². The molecule has 1 aliphatic rings. The molecule has 1 atom stereocenters. The molecule has 1 rings (SSSR count). The van der Waals surface area contributed by atoms with Gasteiger partial charge in [-0.25, -0.2) is 0 Å². The topological polar surface area (TPSA) is 0 Å². The van der Waals surface area contributed by atoms with E-state index in [0.29, 0.717) is 0 Å². The molecule has 0 aromatic heterocycles. The summed E-state index contributed by atoms with van der Waals surface area (Å²) in [5.41, 5.74) is 0. The van der Waals surface area contributed by atoms with Crippen LogP contribution in [0.2, 0.25) is 0 Å². The standard InChI is InChI=1S/C4H6S2/c1-3-4(2,5)6-3/h5H,1H2,2H3. The molecule has 0 radical (unpaired) electrons. The van der Waals surface area contributed by atoms with Gasteiger partial charge in [0.1, 0.15) is 0 Å². The third-order valence-electron chi connectivity index (χ3n) is 0.798. The zero-order valence-corrected chi connectivity index (χ0v) is 5.27. The van der Waals surface area contributed by atoms with Gasteiger partial charge in [-0.05, 0) is 6.92 Å². The summed E-state index contributed by atoms with van der Waals surface area (Å²) in [5, 5.41) is 0. The predicted octanol–water partition coefficient (Wildman–Crippen LogP) is 1.89. The molecule has 1 saturated heterocycles. The molecule has 0 nitrogen and oxygen atoms in total. The molecule has 1 fully saturated rings. The second kappa shape index (κ2) is 0.984. The number of hydrogen-bond donors (Lipinski definition) is 1. The molecule has 1 unspecified atom stereocenters. The molecule has 0 aromatic rings. The van der Waals surface area contributed by atoms with E-state index in [4.69, 9.17) is 0 Å². The lowest BCUT2D eigenvalue weighted by atomic mass is 10.5. The van der Waals surface area contributed by atoms with Crippen LogP contribution in [0.1, 0.15) is 6.92 Å². The van der Waals surface area contributed by atoms with Crippen LogP contribution in [0.5, 0.6) is 0 Å². The maximum Gasteiger partial charge on any atom is 0.0900 e. The van der Waals surface area contributed by atoms with Crippen LogP contribution in [0.25, 0.3) is 0 Å². The summed E-state index contributed by atoms with van der Waals surface area (Å²) in [6.45, 7) is 5.75. The molecule has 1 aliphatic heterocycles. The fraction of sp³-hybridized carbons (Fsp3) is 0.500. The van der Waals surface area contributed by atoms with Crippen molar-refractivity contribution in [1.29, 1.82) is 0 Å². The first-order valence-electron chi connectivity index (χ1n) is 1.74. The van der Waals surface area contributed by atoms with Crippen molar-refractivity contribution in [3.05, 3.63) is 11.5 Å². The smallest absolute Gasteiger partial charge is 0.0900 e. The lowest BCUT2D eigenvalue weighted by molar-refractivity contribution is 1.25. The molecular formula is C4H6S2. The van der Waals surface area contributed by atoms with E-state index in [1.54, 1.807) is 11.8 Å². The first-order chi connectivity index (χ1) is 2.63. The van der Waals surface area contributed by atoms with E-state index < -0.39 is 0 Å². The first-order valence-corrected chi connectivity index (χ1v) is 3.00. The van der Waals surface area contributed by atoms with Gasteiger partial charge in [0.2, 0.25) is 0 Å². The Kier molecular flexibility index (Phi) is 0.754. The highest BCUT2D eigenvalue weighted by molar-refractivity contribution is 8.23. The van der Waals surface area contributed by atoms with Gasteiger partial charge in [-0.1, -0.05) is 6.58 Å². The van der Waals surface area contributed by atoms with Crippen molar-refractivity contribution >= 4 is 24.4 Å². The van der Waals surface area contributed by atoms with E-state index in [9.17, 15) is 0 Å². The van der Waals surface area contributed by atoms with Crippen molar-refractivity contribution < 1.29 is 0 Å². The zero-order chi connectivity index (χ0) is 4.78. The van der Waals surface area contributed by atoms with Crippen molar-refractivity contribution in [3.8, 4) is 0 Å². The monoisotopic (exact) mass is 118 g/mol. The van der Waals surface area contributed by atoms with Gasteiger partial charge in [0.25, 0.3) is 0 Å².